The largest absolute Gasteiger partial charge is 0.497 e. The van der Waals surface area contributed by atoms with Gasteiger partial charge >= 0.3 is 12.1 Å². The molecule has 32 heteroatoms. The average molecular weight is 1520 g/mol. The number of nitrogens with zero attached hydrogens (tertiary/aromatic N) is 4. The van der Waals surface area contributed by atoms with Crippen LogP contribution in [0, 0.1) is 40.8 Å². The van der Waals surface area contributed by atoms with E-state index in [1.807, 2.05) is 13.8 Å². The number of urea groups is 1. The van der Waals surface area contributed by atoms with Crippen molar-refractivity contribution in [2.24, 2.45) is 46.5 Å². The Hall–Kier alpha value is -8.49. The molecule has 2 aliphatic heterocycles. The maximum absolute atomic E-state index is 14.9. The van der Waals surface area contributed by atoms with E-state index in [1.54, 1.807) is 84.7 Å². The van der Waals surface area contributed by atoms with E-state index < -0.39 is 149 Å². The lowest BCUT2D eigenvalue weighted by Crippen LogP contribution is -2.60. The van der Waals surface area contributed by atoms with Crippen molar-refractivity contribution >= 4 is 94.4 Å². The smallest absolute Gasteiger partial charge is 0.410 e. The van der Waals surface area contributed by atoms with Crippen LogP contribution < -0.4 is 48.1 Å². The first-order chi connectivity index (χ1) is 50.5. The number of hydrogen-bond donors (Lipinski definition) is 8. The predicted molar refractivity (Wildman–Crippen MR) is 398 cm³/mol. The number of carbonyl (C=O) groups is 13. The highest BCUT2D eigenvalue weighted by atomic mass is 32.2. The van der Waals surface area contributed by atoms with Gasteiger partial charge in [0.2, 0.25) is 59.1 Å². The fraction of sp³-hybridized carbons (Fsp3) is 0.667. The molecule has 1 unspecified atom stereocenters. The first kappa shape index (κ1) is 89.1. The molecule has 2 saturated heterocycles. The third-order valence-corrected chi connectivity index (χ3v) is 21.9. The van der Waals surface area contributed by atoms with Gasteiger partial charge in [0.15, 0.2) is 5.78 Å². The van der Waals surface area contributed by atoms with Gasteiger partial charge in [-0.25, -0.2) is 14.0 Å². The van der Waals surface area contributed by atoms with E-state index >= 15 is 0 Å². The highest BCUT2D eigenvalue weighted by molar-refractivity contribution is 8.00. The van der Waals surface area contributed by atoms with Gasteiger partial charge in [0.25, 0.3) is 0 Å². The van der Waals surface area contributed by atoms with Gasteiger partial charge in [-0.05, 0) is 104 Å². The van der Waals surface area contributed by atoms with Crippen molar-refractivity contribution in [1.82, 2.24) is 46.2 Å². The molecule has 0 bridgehead atoms. The molecule has 2 aromatic carbocycles. The number of likely N-dealkylation sites (tertiary alicyclic amines) is 2. The summed E-state index contributed by atoms with van der Waals surface area (Å²) in [7, 11) is 8.74. The Bertz CT molecular complexity index is 3420. The number of nitrogens with one attached hydrogen (secondary N) is 6. The molecule has 2 aromatic rings. The third kappa shape index (κ3) is 25.8. The zero-order chi connectivity index (χ0) is 79.7. The highest BCUT2D eigenvalue weighted by Crippen LogP contribution is 2.52. The zero-order valence-corrected chi connectivity index (χ0v) is 65.5. The fourth-order valence-electron chi connectivity index (χ4n) is 13.7. The molecule has 0 radical (unpaired) electrons. The molecule has 5 rings (SSSR count). The molecule has 12 atom stereocenters. The topological polar surface area (TPSA) is 405 Å². The molecule has 3 aliphatic rings. The quantitative estimate of drug-likeness (QED) is 0.0240. The summed E-state index contributed by atoms with van der Waals surface area (Å²) in [4.78, 5) is 180. The van der Waals surface area contributed by atoms with Gasteiger partial charge in [-0.2, -0.15) is 0 Å². The summed E-state index contributed by atoms with van der Waals surface area (Å²) in [5.74, 6) is -7.78. The number of ketones is 1. The zero-order valence-electron chi connectivity index (χ0n) is 64.7. The number of nitrogens with two attached hydrogens (primary N) is 2. The van der Waals surface area contributed by atoms with Gasteiger partial charge in [0.1, 0.15) is 42.3 Å². The summed E-state index contributed by atoms with van der Waals surface area (Å²) >= 11 is 1.40. The Morgan fingerprint density at radius 3 is 2.00 bits per heavy atom. The Morgan fingerprint density at radius 2 is 1.43 bits per heavy atom. The van der Waals surface area contributed by atoms with Crippen LogP contribution in [0.5, 0.6) is 5.75 Å². The SMILES string of the molecule is CC[C@H](C)[C@@H]([C@@H](CC(=O)N1C[C@H](OC)C[C@H]1[C@H](OC)[C@@H](C)C(=O)NCC(=O)c1ccc(OC)cc1F)OC)N(C)C(=O)[C@@H](NC(=O)[C@H](C(C)C)N(C)C(=O)OCc1ccc(NC(=O)[C@H](CCCNC(N)=O)NC(=O)[C@@H](NC(=O)CCCCCN2C(=O)CC(SCC3(CC(N)=O)CC3)C2=O)C(C)C)cc1)C(C)C. The van der Waals surface area contributed by atoms with Crippen LogP contribution in [0.15, 0.2) is 42.5 Å². The normalized spacial score (nSPS) is 18.6. The minimum absolute atomic E-state index is 0.0515. The Kier molecular flexibility index (Phi) is 35.2. The monoisotopic (exact) mass is 1520 g/mol. The number of rotatable bonds is 45. The first-order valence-corrected chi connectivity index (χ1v) is 37.9. The lowest BCUT2D eigenvalue weighted by atomic mass is 9.89. The molecular weight excluding hydrogens is 1410 g/mol. The number of amides is 13. The second-order valence-corrected chi connectivity index (χ2v) is 30.6. The van der Waals surface area contributed by atoms with Crippen molar-refractivity contribution in [3.8, 4) is 5.75 Å². The lowest BCUT2D eigenvalue weighted by Gasteiger charge is -2.41. The first-order valence-electron chi connectivity index (χ1n) is 36.8. The van der Waals surface area contributed by atoms with Crippen LogP contribution in [0.4, 0.5) is 19.7 Å². The number of imide groups is 1. The number of benzene rings is 2. The molecule has 107 heavy (non-hydrogen) atoms. The fourth-order valence-corrected chi connectivity index (χ4v) is 15.2. The number of primary amides is 2. The average Bonchev–Trinajstić information content (AvgIpc) is 1.69. The van der Waals surface area contributed by atoms with E-state index in [0.717, 1.165) is 23.8 Å². The van der Waals surface area contributed by atoms with Gasteiger partial charge in [0, 0.05) is 91.8 Å². The minimum atomic E-state index is -1.15. The van der Waals surface area contributed by atoms with Crippen molar-refractivity contribution in [3.63, 3.8) is 0 Å². The summed E-state index contributed by atoms with van der Waals surface area (Å²) in [6, 6.07) is 3.50. The number of hydrogen-bond acceptors (Lipinski definition) is 19. The molecule has 2 heterocycles. The number of ether oxygens (including phenoxy) is 5. The molecular formula is C75H115FN12O18S. The molecule has 596 valence electrons. The molecule has 1 aliphatic carbocycles. The number of Topliss-reactive ketones (excluding diaryl/α,β-unsaturated/α-hetero) is 1. The molecule has 13 amide bonds. The maximum Gasteiger partial charge on any atom is 0.410 e. The second-order valence-electron chi connectivity index (χ2n) is 29.4. The minimum Gasteiger partial charge on any atom is -0.497 e. The third-order valence-electron chi connectivity index (χ3n) is 20.4. The number of carbonyl (C=O) groups excluding carboxylic acids is 13. The van der Waals surface area contributed by atoms with Gasteiger partial charge in [-0.1, -0.05) is 87.3 Å². The van der Waals surface area contributed by atoms with Crippen molar-refractivity contribution in [1.29, 1.82) is 0 Å². The van der Waals surface area contributed by atoms with Crippen LogP contribution >= 0.6 is 11.8 Å². The number of likely N-dealkylation sites (N-methyl/N-ethyl adjacent to an activating group) is 2. The maximum atomic E-state index is 14.9. The van der Waals surface area contributed by atoms with E-state index in [1.165, 1.54) is 69.2 Å². The van der Waals surface area contributed by atoms with Crippen molar-refractivity contribution < 1.29 is 90.4 Å². The van der Waals surface area contributed by atoms with Crippen molar-refractivity contribution in [2.45, 2.75) is 212 Å². The molecule has 0 spiro atoms. The summed E-state index contributed by atoms with van der Waals surface area (Å²) in [6.45, 7) is 15.7. The summed E-state index contributed by atoms with van der Waals surface area (Å²) in [5, 5.41) is 15.8. The van der Waals surface area contributed by atoms with Crippen LogP contribution in [0.25, 0.3) is 0 Å². The van der Waals surface area contributed by atoms with Gasteiger partial charge in [-0.15, -0.1) is 11.8 Å². The van der Waals surface area contributed by atoms with Crippen LogP contribution in [0.3, 0.4) is 0 Å². The van der Waals surface area contributed by atoms with Gasteiger partial charge < -0.3 is 76.9 Å². The second kappa shape index (κ2) is 42.3. The Labute approximate surface area is 631 Å². The summed E-state index contributed by atoms with van der Waals surface area (Å²) < 4.78 is 43.2. The van der Waals surface area contributed by atoms with E-state index in [9.17, 15) is 66.7 Å². The lowest BCUT2D eigenvalue weighted by molar-refractivity contribution is -0.148. The molecule has 1 saturated carbocycles. The van der Waals surface area contributed by atoms with E-state index in [4.69, 9.17) is 35.2 Å². The highest BCUT2D eigenvalue weighted by Gasteiger charge is 2.49. The Balaban J connectivity index is 1.16. The van der Waals surface area contributed by atoms with Crippen LogP contribution in [-0.4, -0.2) is 231 Å². The Morgan fingerprint density at radius 1 is 0.757 bits per heavy atom. The van der Waals surface area contributed by atoms with Crippen LogP contribution in [-0.2, 0) is 73.5 Å². The van der Waals surface area contributed by atoms with Gasteiger partial charge in [-0.3, -0.25) is 62.5 Å². The van der Waals surface area contributed by atoms with Gasteiger partial charge in [0.05, 0.1) is 67.2 Å². The van der Waals surface area contributed by atoms with Crippen molar-refractivity contribution in [3.05, 3.63) is 59.4 Å². The van der Waals surface area contributed by atoms with E-state index in [2.05, 4.69) is 31.9 Å². The molecule has 3 fully saturated rings. The number of thioether (sulfide) groups is 1. The predicted octanol–water partition coefficient (Wildman–Crippen LogP) is 5.20. The number of halogens is 1. The summed E-state index contributed by atoms with van der Waals surface area (Å²) in [5.41, 5.74) is 11.1. The molecule has 10 N–H and O–H groups in total. The van der Waals surface area contributed by atoms with Crippen LogP contribution in [0.2, 0.25) is 0 Å². The standard InChI is InChI=1S/C75H115FN12O18S/c1-16-45(8)65(56(104-14)35-60(92)88-39-50(103-13)34-54(88)66(105-15)46(9)67(94)80-38-55(89)51-28-27-49(102-12)33-52(51)76)85(10)72(99)63(43(4)5)84-70(97)64(44(6)7)86(11)74(101)106-40-47-23-25-48(26-24-47)81-68(95)53(21-20-31-79-73(78)100)82-69(96)62(42(2)3)83-59(91)22-18-17-19-32-87-61(93)36-57(71(87)98)107-41-75(29-30-75)37-58(77)90/h23-28,33,42-46,50,53-54,56-57,62-66H,16-22,29-32,34-41H2,1-15H3,(H2,77,90)(H,80,94)(H,81,95)(H,82,96)(H,83,91)(H,84,97)(H3,78,79,100)/t45-,46+,50+,53-,54-,56+,57?,62-,63-,64-,65-,66+/m0/s1. The molecule has 0 aromatic heterocycles. The van der Waals surface area contributed by atoms with Crippen molar-refractivity contribution in [2.75, 3.05) is 79.8 Å². The number of anilines is 1. The number of unbranched alkanes of at least 4 members (excludes halogenated alkanes) is 2. The van der Waals surface area contributed by atoms with Crippen LogP contribution in [0.1, 0.15) is 162 Å². The van der Waals surface area contributed by atoms with E-state index in [0.29, 0.717) is 49.1 Å². The van der Waals surface area contributed by atoms with E-state index in [-0.39, 0.29) is 111 Å². The summed E-state index contributed by atoms with van der Waals surface area (Å²) in [6.07, 6.45) is 1.41. The molecule has 30 nitrogen and oxygen atoms in total. The number of methoxy groups -OCH3 is 4.